The normalized spacial score (nSPS) is 16.3. The van der Waals surface area contributed by atoms with Gasteiger partial charge in [0.2, 0.25) is 15.9 Å². The number of carbonyl (C=O) groups is 1. The van der Waals surface area contributed by atoms with Crippen molar-refractivity contribution in [3.05, 3.63) is 24.3 Å². The summed E-state index contributed by atoms with van der Waals surface area (Å²) in [7, 11) is 0.301. The zero-order chi connectivity index (χ0) is 19.3. The highest BCUT2D eigenvalue weighted by molar-refractivity contribution is 7.89. The van der Waals surface area contributed by atoms with Crippen LogP contribution >= 0.6 is 0 Å². The molecule has 7 nitrogen and oxygen atoms in total. The lowest BCUT2D eigenvalue weighted by Gasteiger charge is -2.34. The fraction of sp³-hybridized carbons (Fsp3) is 0.611. The summed E-state index contributed by atoms with van der Waals surface area (Å²) in [6.07, 6.45) is 0.493. The Morgan fingerprint density at radius 3 is 2.19 bits per heavy atom. The van der Waals surface area contributed by atoms with Crippen LogP contribution in [0.3, 0.4) is 0 Å². The van der Waals surface area contributed by atoms with Crippen molar-refractivity contribution in [1.82, 2.24) is 14.1 Å². The van der Waals surface area contributed by atoms with Crippen LogP contribution in [0.1, 0.15) is 20.3 Å². The Labute approximate surface area is 156 Å². The zero-order valence-corrected chi connectivity index (χ0v) is 16.8. The molecule has 1 aromatic rings. The van der Waals surface area contributed by atoms with Crippen LogP contribution in [0.4, 0.5) is 0 Å². The average molecular weight is 384 g/mol. The van der Waals surface area contributed by atoms with Gasteiger partial charge in [-0.25, -0.2) is 8.42 Å². The second-order valence-electron chi connectivity index (χ2n) is 6.98. The van der Waals surface area contributed by atoms with Crippen LogP contribution in [-0.4, -0.2) is 81.4 Å². The van der Waals surface area contributed by atoms with E-state index in [1.807, 2.05) is 32.8 Å². The number of hydrogen-bond acceptors (Lipinski definition) is 5. The molecule has 8 heteroatoms. The van der Waals surface area contributed by atoms with E-state index >= 15 is 0 Å². The van der Waals surface area contributed by atoms with E-state index in [4.69, 9.17) is 4.74 Å². The average Bonchev–Trinajstić information content (AvgIpc) is 2.59. The predicted octanol–water partition coefficient (Wildman–Crippen LogP) is 1.26. The number of sulfonamides is 1. The van der Waals surface area contributed by atoms with E-state index in [2.05, 4.69) is 0 Å². The van der Waals surface area contributed by atoms with E-state index in [0.717, 1.165) is 0 Å². The van der Waals surface area contributed by atoms with E-state index < -0.39 is 10.0 Å². The number of benzene rings is 1. The lowest BCUT2D eigenvalue weighted by atomic mass is 10.3. The summed E-state index contributed by atoms with van der Waals surface area (Å²) in [4.78, 5) is 16.1. The molecule has 0 aromatic heterocycles. The number of carbonyl (C=O) groups excluding carboxylic acids is 1. The Balaban J connectivity index is 1.96. The molecule has 0 saturated carbocycles. The Bertz CT molecular complexity index is 694. The van der Waals surface area contributed by atoms with Crippen molar-refractivity contribution in [3.8, 4) is 5.75 Å². The van der Waals surface area contributed by atoms with Crippen LogP contribution in [0.25, 0.3) is 0 Å². The first-order valence-corrected chi connectivity index (χ1v) is 10.3. The molecule has 2 rings (SSSR count). The second-order valence-corrected chi connectivity index (χ2v) is 8.91. The molecular formula is C18H29N3O4S. The number of ether oxygens (including phenoxy) is 1. The van der Waals surface area contributed by atoms with Gasteiger partial charge in [0.15, 0.2) is 0 Å². The summed E-state index contributed by atoms with van der Waals surface area (Å²) in [6, 6.07) is 6.49. The van der Waals surface area contributed by atoms with Crippen molar-refractivity contribution in [2.24, 2.45) is 0 Å². The van der Waals surface area contributed by atoms with Crippen molar-refractivity contribution in [2.45, 2.75) is 31.3 Å². The highest BCUT2D eigenvalue weighted by Gasteiger charge is 2.30. The topological polar surface area (TPSA) is 70.2 Å². The summed E-state index contributed by atoms with van der Waals surface area (Å²) in [5.41, 5.74) is 0. The van der Waals surface area contributed by atoms with Gasteiger partial charge in [0, 0.05) is 39.1 Å². The second kappa shape index (κ2) is 8.83. The quantitative estimate of drug-likeness (QED) is 0.709. The first-order valence-electron chi connectivity index (χ1n) is 8.89. The highest BCUT2D eigenvalue weighted by Crippen LogP contribution is 2.21. The third-order valence-electron chi connectivity index (χ3n) is 4.20. The van der Waals surface area contributed by atoms with E-state index in [1.54, 1.807) is 29.2 Å². The van der Waals surface area contributed by atoms with Crippen LogP contribution in [-0.2, 0) is 14.8 Å². The number of amides is 1. The minimum Gasteiger partial charge on any atom is -0.491 e. The van der Waals surface area contributed by atoms with Gasteiger partial charge in [-0.2, -0.15) is 4.31 Å². The largest absolute Gasteiger partial charge is 0.491 e. The van der Waals surface area contributed by atoms with Crippen molar-refractivity contribution in [1.29, 1.82) is 0 Å². The minimum absolute atomic E-state index is 0.0376. The third kappa shape index (κ3) is 5.43. The van der Waals surface area contributed by atoms with Crippen molar-refractivity contribution in [2.75, 3.05) is 46.8 Å². The molecule has 1 aromatic carbocycles. The van der Waals surface area contributed by atoms with E-state index in [9.17, 15) is 13.2 Å². The van der Waals surface area contributed by atoms with Crippen LogP contribution < -0.4 is 4.74 Å². The molecule has 0 N–H and O–H groups in total. The molecule has 0 bridgehead atoms. The van der Waals surface area contributed by atoms with Crippen LogP contribution in [0.2, 0.25) is 0 Å². The molecule has 1 saturated heterocycles. The van der Waals surface area contributed by atoms with Gasteiger partial charge < -0.3 is 14.5 Å². The van der Waals surface area contributed by atoms with Gasteiger partial charge in [0.1, 0.15) is 5.75 Å². The Kier molecular flexibility index (Phi) is 7.02. The molecule has 1 amide bonds. The lowest BCUT2D eigenvalue weighted by Crippen LogP contribution is -2.50. The Morgan fingerprint density at radius 2 is 1.69 bits per heavy atom. The summed E-state index contributed by atoms with van der Waals surface area (Å²) in [6.45, 7) is 6.04. The molecule has 1 aliphatic rings. The number of hydrogen-bond donors (Lipinski definition) is 0. The van der Waals surface area contributed by atoms with Gasteiger partial charge in [-0.15, -0.1) is 0 Å². The number of nitrogens with zero attached hydrogens (tertiary/aromatic N) is 3. The molecule has 0 aliphatic carbocycles. The molecule has 0 unspecified atom stereocenters. The van der Waals surface area contributed by atoms with Crippen molar-refractivity contribution in [3.63, 3.8) is 0 Å². The monoisotopic (exact) mass is 383 g/mol. The minimum atomic E-state index is -3.55. The maximum atomic E-state index is 12.8. The van der Waals surface area contributed by atoms with Gasteiger partial charge in [-0.1, -0.05) is 0 Å². The summed E-state index contributed by atoms with van der Waals surface area (Å²) < 4.78 is 32.6. The molecule has 26 heavy (non-hydrogen) atoms. The maximum absolute atomic E-state index is 12.8. The molecule has 1 aliphatic heterocycles. The van der Waals surface area contributed by atoms with Crippen LogP contribution in [0.15, 0.2) is 29.2 Å². The van der Waals surface area contributed by atoms with Gasteiger partial charge in [0.05, 0.1) is 11.0 Å². The molecule has 0 spiro atoms. The van der Waals surface area contributed by atoms with E-state index in [1.165, 1.54) is 4.31 Å². The summed E-state index contributed by atoms with van der Waals surface area (Å²) >= 11 is 0. The summed E-state index contributed by atoms with van der Waals surface area (Å²) in [5, 5.41) is 0. The Hall–Kier alpha value is -1.64. The molecule has 146 valence electrons. The third-order valence-corrected chi connectivity index (χ3v) is 6.11. The highest BCUT2D eigenvalue weighted by atomic mass is 32.2. The van der Waals surface area contributed by atoms with Crippen LogP contribution in [0, 0.1) is 0 Å². The Morgan fingerprint density at radius 1 is 1.12 bits per heavy atom. The zero-order valence-electron chi connectivity index (χ0n) is 16.0. The maximum Gasteiger partial charge on any atom is 0.243 e. The lowest BCUT2D eigenvalue weighted by molar-refractivity contribution is -0.132. The molecule has 0 radical (unpaired) electrons. The number of rotatable bonds is 7. The van der Waals surface area contributed by atoms with Gasteiger partial charge in [0.25, 0.3) is 0 Å². The predicted molar refractivity (Wildman–Crippen MR) is 101 cm³/mol. The standard InChI is InChI=1S/C18H29N3O4S/c1-15(2)25-16-5-7-17(8-6-16)26(23,24)21-13-11-20(12-14-21)18(22)9-10-19(3)4/h5-8,15H,9-14H2,1-4H3. The fourth-order valence-corrected chi connectivity index (χ4v) is 4.19. The van der Waals surface area contributed by atoms with Crippen LogP contribution in [0.5, 0.6) is 5.75 Å². The van der Waals surface area contributed by atoms with E-state index in [0.29, 0.717) is 44.9 Å². The first kappa shape index (κ1) is 20.7. The van der Waals surface area contributed by atoms with Gasteiger partial charge in [-0.05, 0) is 52.2 Å². The van der Waals surface area contributed by atoms with Crippen molar-refractivity contribution < 1.29 is 17.9 Å². The smallest absolute Gasteiger partial charge is 0.243 e. The fourth-order valence-electron chi connectivity index (χ4n) is 2.77. The molecule has 0 atom stereocenters. The first-order chi connectivity index (χ1) is 12.2. The summed E-state index contributed by atoms with van der Waals surface area (Å²) in [5.74, 6) is 0.723. The van der Waals surface area contributed by atoms with E-state index in [-0.39, 0.29) is 16.9 Å². The molecule has 1 fully saturated rings. The van der Waals surface area contributed by atoms with Gasteiger partial charge in [-0.3, -0.25) is 4.79 Å². The molecular weight excluding hydrogens is 354 g/mol. The molecule has 1 heterocycles. The number of piperazine rings is 1. The van der Waals surface area contributed by atoms with Crippen molar-refractivity contribution >= 4 is 15.9 Å². The van der Waals surface area contributed by atoms with Gasteiger partial charge >= 0.3 is 0 Å². The SMILES string of the molecule is CC(C)Oc1ccc(S(=O)(=O)N2CCN(C(=O)CCN(C)C)CC2)cc1.